The molecular formula is C18H28F8N2O2. The fourth-order valence-corrected chi connectivity index (χ4v) is 3.12. The molecule has 2 amide bonds. The van der Waals surface area contributed by atoms with Gasteiger partial charge < -0.3 is 9.80 Å². The molecule has 0 aliphatic heterocycles. The number of amides is 2. The van der Waals surface area contributed by atoms with Gasteiger partial charge in [-0.1, -0.05) is 0 Å². The molecule has 0 N–H and O–H groups in total. The van der Waals surface area contributed by atoms with Crippen LogP contribution in [0, 0.1) is 0 Å². The van der Waals surface area contributed by atoms with Crippen LogP contribution in [0.5, 0.6) is 0 Å². The van der Waals surface area contributed by atoms with Gasteiger partial charge in [-0.25, -0.2) is 0 Å². The number of rotatable bonds is 9. The molecule has 0 heterocycles. The van der Waals surface area contributed by atoms with Gasteiger partial charge in [0.2, 0.25) is 0 Å². The van der Waals surface area contributed by atoms with E-state index >= 15 is 0 Å². The highest BCUT2D eigenvalue weighted by Gasteiger charge is 2.85. The van der Waals surface area contributed by atoms with E-state index in [1.807, 2.05) is 0 Å². The predicted molar refractivity (Wildman–Crippen MR) is 94.0 cm³/mol. The quantitative estimate of drug-likeness (QED) is 0.467. The van der Waals surface area contributed by atoms with Crippen molar-refractivity contribution in [2.75, 3.05) is 0 Å². The van der Waals surface area contributed by atoms with Crippen LogP contribution in [0.3, 0.4) is 0 Å². The summed E-state index contributed by atoms with van der Waals surface area (Å²) in [5, 5.41) is 0. The lowest BCUT2D eigenvalue weighted by Crippen LogP contribution is -2.70. The first-order valence-corrected chi connectivity index (χ1v) is 9.27. The second-order valence-electron chi connectivity index (χ2n) is 8.10. The largest absolute Gasteiger partial charge is 0.393 e. The molecule has 0 aromatic heterocycles. The highest BCUT2D eigenvalue weighted by atomic mass is 19.4. The molecule has 178 valence electrons. The SMILES string of the molecule is CC(C)N(C(=O)C(F)(F)C(F)(F)C(F)(F)C(F)(F)C(=O)N(C(C)C)C(C)C)C(C)C. The van der Waals surface area contributed by atoms with Gasteiger partial charge in [-0.3, -0.25) is 9.59 Å². The number of hydrogen-bond acceptors (Lipinski definition) is 2. The van der Waals surface area contributed by atoms with Crippen LogP contribution in [0.25, 0.3) is 0 Å². The topological polar surface area (TPSA) is 40.6 Å². The van der Waals surface area contributed by atoms with E-state index in [9.17, 15) is 44.7 Å². The van der Waals surface area contributed by atoms with E-state index in [-0.39, 0.29) is 9.80 Å². The standard InChI is InChI=1S/C18H28F8N2O2/c1-9(2)27(10(3)4)13(29)15(19,20)17(23,24)18(25,26)16(21,22)14(30)28(11(5)6)12(7)8/h9-12H,1-8H3. The summed E-state index contributed by atoms with van der Waals surface area (Å²) in [6, 6.07) is -4.47. The molecule has 0 aliphatic carbocycles. The van der Waals surface area contributed by atoms with Gasteiger partial charge in [-0.15, -0.1) is 0 Å². The van der Waals surface area contributed by atoms with Crippen LogP contribution >= 0.6 is 0 Å². The summed E-state index contributed by atoms with van der Waals surface area (Å²) in [4.78, 5) is 24.4. The summed E-state index contributed by atoms with van der Waals surface area (Å²) in [7, 11) is 0. The lowest BCUT2D eigenvalue weighted by molar-refractivity contribution is -0.351. The molecule has 0 rings (SSSR count). The Bertz CT molecular complexity index is 564. The van der Waals surface area contributed by atoms with Crippen LogP contribution in [0.1, 0.15) is 55.4 Å². The molecule has 0 saturated heterocycles. The maximum absolute atomic E-state index is 14.3. The van der Waals surface area contributed by atoms with Gasteiger partial charge in [0.15, 0.2) is 0 Å². The Balaban J connectivity index is 6.45. The first-order chi connectivity index (χ1) is 13.1. The van der Waals surface area contributed by atoms with Gasteiger partial charge in [0.1, 0.15) is 0 Å². The minimum Gasteiger partial charge on any atom is -0.332 e. The average Bonchev–Trinajstić information content (AvgIpc) is 2.52. The van der Waals surface area contributed by atoms with E-state index in [1.165, 1.54) is 0 Å². The van der Waals surface area contributed by atoms with Crippen molar-refractivity contribution in [3.63, 3.8) is 0 Å². The normalized spacial score (nSPS) is 14.1. The highest BCUT2D eigenvalue weighted by Crippen LogP contribution is 2.54. The van der Waals surface area contributed by atoms with E-state index in [0.29, 0.717) is 0 Å². The monoisotopic (exact) mass is 456 g/mol. The second kappa shape index (κ2) is 8.86. The molecule has 0 fully saturated rings. The first kappa shape index (κ1) is 28.4. The number of carbonyl (C=O) groups excluding carboxylic acids is 2. The maximum atomic E-state index is 14.3. The first-order valence-electron chi connectivity index (χ1n) is 9.27. The zero-order valence-electron chi connectivity index (χ0n) is 18.0. The molecule has 0 atom stereocenters. The number of hydrogen-bond donors (Lipinski definition) is 0. The number of alkyl halides is 8. The third-order valence-electron chi connectivity index (χ3n) is 4.41. The fraction of sp³-hybridized carbons (Fsp3) is 0.889. The van der Waals surface area contributed by atoms with E-state index in [0.717, 1.165) is 55.4 Å². The molecule has 0 radical (unpaired) electrons. The van der Waals surface area contributed by atoms with Gasteiger partial charge in [0.05, 0.1) is 0 Å². The fourth-order valence-electron chi connectivity index (χ4n) is 3.12. The molecule has 4 nitrogen and oxygen atoms in total. The van der Waals surface area contributed by atoms with Crippen LogP contribution in [-0.4, -0.2) is 69.5 Å². The van der Waals surface area contributed by atoms with Crippen molar-refractivity contribution >= 4 is 11.8 Å². The Morgan fingerprint density at radius 2 is 0.667 bits per heavy atom. The molecule has 0 aromatic carbocycles. The summed E-state index contributed by atoms with van der Waals surface area (Å²) in [5.74, 6) is -31.6. The third-order valence-corrected chi connectivity index (χ3v) is 4.41. The Morgan fingerprint density at radius 3 is 0.800 bits per heavy atom. The average molecular weight is 456 g/mol. The smallest absolute Gasteiger partial charge is 0.332 e. The van der Waals surface area contributed by atoms with Crippen LogP contribution in [0.15, 0.2) is 0 Å². The molecule has 30 heavy (non-hydrogen) atoms. The molecule has 12 heteroatoms. The van der Waals surface area contributed by atoms with Crippen LogP contribution in [-0.2, 0) is 9.59 Å². The van der Waals surface area contributed by atoms with Gasteiger partial charge in [0.25, 0.3) is 11.8 Å². The van der Waals surface area contributed by atoms with Crippen molar-refractivity contribution in [2.24, 2.45) is 0 Å². The van der Waals surface area contributed by atoms with E-state index in [2.05, 4.69) is 0 Å². The molecule has 0 aromatic rings. The van der Waals surface area contributed by atoms with Crippen LogP contribution < -0.4 is 0 Å². The zero-order chi connectivity index (χ0) is 24.6. The van der Waals surface area contributed by atoms with Gasteiger partial charge >= 0.3 is 23.7 Å². The van der Waals surface area contributed by atoms with Crippen molar-refractivity contribution in [3.8, 4) is 0 Å². The summed E-state index contributed by atoms with van der Waals surface area (Å²) < 4.78 is 114. The van der Waals surface area contributed by atoms with E-state index in [1.54, 1.807) is 0 Å². The Labute approximate surface area is 170 Å². The van der Waals surface area contributed by atoms with Crippen LogP contribution in [0.2, 0.25) is 0 Å². The number of halogens is 8. The molecule has 0 unspecified atom stereocenters. The minimum atomic E-state index is -6.86. The summed E-state index contributed by atoms with van der Waals surface area (Å²) in [6.45, 7) is 9.27. The van der Waals surface area contributed by atoms with Crippen LogP contribution in [0.4, 0.5) is 35.1 Å². The van der Waals surface area contributed by atoms with Gasteiger partial charge in [0, 0.05) is 24.2 Å². The lowest BCUT2D eigenvalue weighted by atomic mass is 9.95. The molecule has 0 saturated carbocycles. The van der Waals surface area contributed by atoms with E-state index < -0.39 is 59.7 Å². The molecular weight excluding hydrogens is 428 g/mol. The number of carbonyl (C=O) groups is 2. The second-order valence-corrected chi connectivity index (χ2v) is 8.10. The summed E-state index contributed by atoms with van der Waals surface area (Å²) in [6.07, 6.45) is 0. The zero-order valence-corrected chi connectivity index (χ0v) is 18.0. The van der Waals surface area contributed by atoms with Gasteiger partial charge in [-0.2, -0.15) is 35.1 Å². The molecule has 0 bridgehead atoms. The van der Waals surface area contributed by atoms with E-state index in [4.69, 9.17) is 0 Å². The Kier molecular flexibility index (Phi) is 8.38. The predicted octanol–water partition coefficient (Wildman–Crippen LogP) is 4.82. The van der Waals surface area contributed by atoms with Gasteiger partial charge in [-0.05, 0) is 55.4 Å². The summed E-state index contributed by atoms with van der Waals surface area (Å²) >= 11 is 0. The Hall–Kier alpha value is -1.62. The minimum absolute atomic E-state index is 0.179. The number of nitrogens with zero attached hydrogens (tertiary/aromatic N) is 2. The lowest BCUT2D eigenvalue weighted by Gasteiger charge is -2.41. The van der Waals surface area contributed by atoms with Crippen molar-refractivity contribution in [2.45, 2.75) is 103 Å². The molecule has 0 aliphatic rings. The van der Waals surface area contributed by atoms with Crippen molar-refractivity contribution in [1.82, 2.24) is 9.80 Å². The molecule has 0 spiro atoms. The van der Waals surface area contributed by atoms with Crippen molar-refractivity contribution in [1.29, 1.82) is 0 Å². The highest BCUT2D eigenvalue weighted by molar-refractivity contribution is 5.88. The third kappa shape index (κ3) is 4.51. The Morgan fingerprint density at radius 1 is 0.500 bits per heavy atom. The summed E-state index contributed by atoms with van der Waals surface area (Å²) in [5.41, 5.74) is 0. The maximum Gasteiger partial charge on any atom is 0.393 e. The van der Waals surface area contributed by atoms with Crippen molar-refractivity contribution < 1.29 is 44.7 Å². The van der Waals surface area contributed by atoms with Crippen molar-refractivity contribution in [3.05, 3.63) is 0 Å².